The Morgan fingerprint density at radius 3 is 2.60 bits per heavy atom. The number of thioether (sulfide) groups is 1. The number of amides is 1. The molecule has 0 atom stereocenters. The van der Waals surface area contributed by atoms with E-state index in [9.17, 15) is 14.4 Å². The molecular formula is C22H26N4O3S. The van der Waals surface area contributed by atoms with E-state index in [0.29, 0.717) is 15.9 Å². The molecule has 0 saturated carbocycles. The highest BCUT2D eigenvalue weighted by molar-refractivity contribution is 8.00. The summed E-state index contributed by atoms with van der Waals surface area (Å²) in [5.41, 5.74) is 3.27. The second kappa shape index (κ2) is 8.87. The summed E-state index contributed by atoms with van der Waals surface area (Å²) in [6, 6.07) is 5.91. The Bertz CT molecular complexity index is 1240. The highest BCUT2D eigenvalue weighted by Crippen LogP contribution is 2.29. The average molecular weight is 427 g/mol. The van der Waals surface area contributed by atoms with Crippen molar-refractivity contribution in [3.8, 4) is 0 Å². The van der Waals surface area contributed by atoms with Crippen LogP contribution < -0.4 is 16.6 Å². The van der Waals surface area contributed by atoms with Crippen molar-refractivity contribution < 1.29 is 4.79 Å². The number of carbonyl (C=O) groups is 1. The largest absolute Gasteiger partial charge is 0.332 e. The average Bonchev–Trinajstić information content (AvgIpc) is 2.72. The van der Waals surface area contributed by atoms with Gasteiger partial charge in [-0.2, -0.15) is 0 Å². The predicted octanol–water partition coefficient (Wildman–Crippen LogP) is 2.93. The first-order valence-corrected chi connectivity index (χ1v) is 10.8. The summed E-state index contributed by atoms with van der Waals surface area (Å²) in [6.45, 7) is 5.97. The van der Waals surface area contributed by atoms with Gasteiger partial charge in [0, 0.05) is 30.9 Å². The molecule has 0 saturated heterocycles. The molecule has 0 aliphatic carbocycles. The van der Waals surface area contributed by atoms with Crippen molar-refractivity contribution in [3.05, 3.63) is 61.9 Å². The Morgan fingerprint density at radius 1 is 1.17 bits per heavy atom. The van der Waals surface area contributed by atoms with Gasteiger partial charge in [-0.15, -0.1) is 11.8 Å². The zero-order valence-electron chi connectivity index (χ0n) is 17.9. The van der Waals surface area contributed by atoms with Crippen LogP contribution in [0.15, 0.2) is 38.9 Å². The van der Waals surface area contributed by atoms with Gasteiger partial charge < -0.3 is 5.32 Å². The highest BCUT2D eigenvalue weighted by atomic mass is 32.2. The molecule has 1 amide bonds. The van der Waals surface area contributed by atoms with Crippen LogP contribution in [0.3, 0.4) is 0 Å². The van der Waals surface area contributed by atoms with E-state index in [1.165, 1.54) is 23.4 Å². The normalized spacial score (nSPS) is 11.1. The van der Waals surface area contributed by atoms with Crippen molar-refractivity contribution in [1.82, 2.24) is 14.1 Å². The molecule has 0 spiro atoms. The number of anilines is 1. The lowest BCUT2D eigenvalue weighted by Crippen LogP contribution is -2.37. The van der Waals surface area contributed by atoms with Crippen LogP contribution in [0.4, 0.5) is 5.69 Å². The molecule has 1 N–H and O–H groups in total. The number of hydrogen-bond acceptors (Lipinski definition) is 5. The molecule has 7 nitrogen and oxygen atoms in total. The van der Waals surface area contributed by atoms with Gasteiger partial charge in [-0.05, 0) is 43.0 Å². The number of aromatic nitrogens is 3. The summed E-state index contributed by atoms with van der Waals surface area (Å²) in [5.74, 6) is -0.00221. The Hall–Kier alpha value is -2.87. The number of benzene rings is 1. The van der Waals surface area contributed by atoms with Crippen LogP contribution >= 0.6 is 11.8 Å². The van der Waals surface area contributed by atoms with E-state index >= 15 is 0 Å². The number of fused-ring (bicyclic) bond motifs is 1. The smallest absolute Gasteiger partial charge is 0.325 e. The van der Waals surface area contributed by atoms with Crippen LogP contribution in [-0.4, -0.2) is 25.8 Å². The molecule has 3 rings (SSSR count). The quantitative estimate of drug-likeness (QED) is 0.613. The summed E-state index contributed by atoms with van der Waals surface area (Å²) < 4.78 is 2.45. The molecular weight excluding hydrogens is 400 g/mol. The molecule has 2 heterocycles. The fourth-order valence-electron chi connectivity index (χ4n) is 3.35. The molecule has 158 valence electrons. The molecule has 8 heteroatoms. The number of pyridine rings is 1. The van der Waals surface area contributed by atoms with Gasteiger partial charge in [-0.3, -0.25) is 18.7 Å². The maximum absolute atomic E-state index is 12.9. The molecule has 0 aliphatic heterocycles. The molecule has 30 heavy (non-hydrogen) atoms. The highest BCUT2D eigenvalue weighted by Gasteiger charge is 2.18. The Labute approximate surface area is 179 Å². The number of rotatable bonds is 6. The van der Waals surface area contributed by atoms with Crippen molar-refractivity contribution in [3.63, 3.8) is 0 Å². The summed E-state index contributed by atoms with van der Waals surface area (Å²) in [7, 11) is 3.05. The summed E-state index contributed by atoms with van der Waals surface area (Å²) in [4.78, 5) is 42.9. The van der Waals surface area contributed by atoms with E-state index in [4.69, 9.17) is 0 Å². The minimum Gasteiger partial charge on any atom is -0.325 e. The standard InChI is InChI=1S/C22H26N4O3S/c1-6-7-15-11-23-20-18(21(28)26(5)22(29)25(20)4)19(15)30-12-17(27)24-16-10-13(2)8-9-14(16)3/h8-11H,6-7,12H2,1-5H3,(H,24,27). The molecule has 0 fully saturated rings. The minimum absolute atomic E-state index is 0.148. The molecule has 0 unspecified atom stereocenters. The van der Waals surface area contributed by atoms with Gasteiger partial charge >= 0.3 is 5.69 Å². The lowest BCUT2D eigenvalue weighted by atomic mass is 10.1. The molecule has 0 radical (unpaired) electrons. The van der Waals surface area contributed by atoms with Crippen molar-refractivity contribution in [2.24, 2.45) is 14.1 Å². The van der Waals surface area contributed by atoms with E-state index in [2.05, 4.69) is 10.3 Å². The van der Waals surface area contributed by atoms with Crippen LogP contribution in [0.1, 0.15) is 30.0 Å². The molecule has 3 aromatic rings. The van der Waals surface area contributed by atoms with E-state index in [1.807, 2.05) is 39.0 Å². The van der Waals surface area contributed by atoms with Crippen molar-refractivity contribution >= 4 is 34.4 Å². The fraction of sp³-hybridized carbons (Fsp3) is 0.364. The van der Waals surface area contributed by atoms with Crippen LogP contribution in [0, 0.1) is 13.8 Å². The first kappa shape index (κ1) is 21.8. The zero-order chi connectivity index (χ0) is 22.0. The first-order valence-electron chi connectivity index (χ1n) is 9.82. The van der Waals surface area contributed by atoms with Gasteiger partial charge in [0.05, 0.1) is 11.1 Å². The van der Waals surface area contributed by atoms with Crippen LogP contribution in [0.25, 0.3) is 11.0 Å². The number of nitrogens with one attached hydrogen (secondary N) is 1. The Morgan fingerprint density at radius 2 is 1.90 bits per heavy atom. The molecule has 0 aliphatic rings. The molecule has 2 aromatic heterocycles. The van der Waals surface area contributed by atoms with E-state index < -0.39 is 11.2 Å². The second-order valence-electron chi connectivity index (χ2n) is 7.42. The molecule has 0 bridgehead atoms. The van der Waals surface area contributed by atoms with E-state index in [-0.39, 0.29) is 11.7 Å². The number of aryl methyl sites for hydroxylation is 4. The second-order valence-corrected chi connectivity index (χ2v) is 8.41. The third-order valence-corrected chi connectivity index (χ3v) is 6.19. The summed E-state index contributed by atoms with van der Waals surface area (Å²) in [5, 5.41) is 3.34. The fourth-order valence-corrected chi connectivity index (χ4v) is 4.36. The van der Waals surface area contributed by atoms with Crippen LogP contribution in [0.5, 0.6) is 0 Å². The van der Waals surface area contributed by atoms with Gasteiger partial charge in [0.1, 0.15) is 5.65 Å². The van der Waals surface area contributed by atoms with Gasteiger partial charge in [-0.1, -0.05) is 25.5 Å². The first-order chi connectivity index (χ1) is 14.2. The van der Waals surface area contributed by atoms with E-state index in [1.54, 1.807) is 13.2 Å². The third-order valence-electron chi connectivity index (χ3n) is 5.03. The van der Waals surface area contributed by atoms with Crippen LogP contribution in [0.2, 0.25) is 0 Å². The number of hydrogen-bond donors (Lipinski definition) is 1. The summed E-state index contributed by atoms with van der Waals surface area (Å²) >= 11 is 1.31. The lowest BCUT2D eigenvalue weighted by Gasteiger charge is -2.14. The predicted molar refractivity (Wildman–Crippen MR) is 121 cm³/mol. The monoisotopic (exact) mass is 426 g/mol. The topological polar surface area (TPSA) is 86.0 Å². The van der Waals surface area contributed by atoms with Gasteiger partial charge in [0.25, 0.3) is 5.56 Å². The molecule has 1 aromatic carbocycles. The van der Waals surface area contributed by atoms with Crippen molar-refractivity contribution in [2.75, 3.05) is 11.1 Å². The maximum Gasteiger partial charge on any atom is 0.332 e. The Balaban J connectivity index is 1.99. The third kappa shape index (κ3) is 4.18. The minimum atomic E-state index is -0.424. The van der Waals surface area contributed by atoms with Gasteiger partial charge in [0.2, 0.25) is 5.91 Å². The van der Waals surface area contributed by atoms with Crippen LogP contribution in [-0.2, 0) is 25.3 Å². The van der Waals surface area contributed by atoms with Crippen molar-refractivity contribution in [2.45, 2.75) is 38.5 Å². The van der Waals surface area contributed by atoms with E-state index in [0.717, 1.165) is 39.8 Å². The number of carbonyl (C=O) groups excluding carboxylic acids is 1. The summed E-state index contributed by atoms with van der Waals surface area (Å²) in [6.07, 6.45) is 3.31. The number of nitrogens with zero attached hydrogens (tertiary/aromatic N) is 3. The van der Waals surface area contributed by atoms with Gasteiger partial charge in [0.15, 0.2) is 0 Å². The Kier molecular flexibility index (Phi) is 6.45. The maximum atomic E-state index is 12.9. The SMILES string of the molecule is CCCc1cnc2c(c1SCC(=O)Nc1cc(C)ccc1C)c(=O)n(C)c(=O)n2C. The van der Waals surface area contributed by atoms with Crippen molar-refractivity contribution in [1.29, 1.82) is 0 Å². The van der Waals surface area contributed by atoms with Gasteiger partial charge in [-0.25, -0.2) is 9.78 Å². The zero-order valence-corrected chi connectivity index (χ0v) is 18.7. The lowest BCUT2D eigenvalue weighted by molar-refractivity contribution is -0.113.